The van der Waals surface area contributed by atoms with Crippen LogP contribution in [0.25, 0.3) is 83.9 Å². The summed E-state index contributed by atoms with van der Waals surface area (Å²) in [4.78, 5) is 15.3. The van der Waals surface area contributed by atoms with Crippen molar-refractivity contribution in [2.24, 2.45) is 0 Å². The van der Waals surface area contributed by atoms with E-state index in [-0.39, 0.29) is 0 Å². The van der Waals surface area contributed by atoms with Crippen molar-refractivity contribution in [3.63, 3.8) is 0 Å². The summed E-state index contributed by atoms with van der Waals surface area (Å²) >= 11 is 0. The van der Waals surface area contributed by atoms with Gasteiger partial charge in [0.2, 0.25) is 0 Å². The van der Waals surface area contributed by atoms with Gasteiger partial charge in [-0.1, -0.05) is 152 Å². The zero-order chi connectivity index (χ0) is 32.6. The Morgan fingerprint density at radius 1 is 0.306 bits per heavy atom. The van der Waals surface area contributed by atoms with E-state index < -0.39 is 0 Å². The fourth-order valence-corrected chi connectivity index (χ4v) is 6.71. The van der Waals surface area contributed by atoms with Gasteiger partial charge in [0.05, 0.1) is 16.7 Å². The van der Waals surface area contributed by atoms with Crippen molar-refractivity contribution in [3.05, 3.63) is 182 Å². The van der Waals surface area contributed by atoms with Gasteiger partial charge in [-0.15, -0.1) is 0 Å². The minimum absolute atomic E-state index is 0.620. The van der Waals surface area contributed by atoms with Crippen molar-refractivity contribution >= 4 is 21.8 Å². The Morgan fingerprint density at radius 3 is 1.31 bits per heavy atom. The van der Waals surface area contributed by atoms with E-state index in [0.29, 0.717) is 17.5 Å². The summed E-state index contributed by atoms with van der Waals surface area (Å²) in [5.41, 5.74) is 10.7. The lowest BCUT2D eigenvalue weighted by Gasteiger charge is -2.17. The molecule has 0 aliphatic rings. The van der Waals surface area contributed by atoms with E-state index in [4.69, 9.17) is 15.0 Å². The fourth-order valence-electron chi connectivity index (χ4n) is 6.71. The molecule has 230 valence electrons. The molecular weight excluding hydrogens is 597 g/mol. The van der Waals surface area contributed by atoms with Gasteiger partial charge in [-0.2, -0.15) is 0 Å². The Bertz CT molecular complexity index is 2480. The van der Waals surface area contributed by atoms with Crippen molar-refractivity contribution in [2.75, 3.05) is 0 Å². The molecule has 0 amide bonds. The number of fused-ring (bicyclic) bond motifs is 3. The highest BCUT2D eigenvalue weighted by molar-refractivity contribution is 6.09. The average Bonchev–Trinajstić information content (AvgIpc) is 3.53. The van der Waals surface area contributed by atoms with Gasteiger partial charge >= 0.3 is 0 Å². The van der Waals surface area contributed by atoms with Gasteiger partial charge in [0.25, 0.3) is 0 Å². The summed E-state index contributed by atoms with van der Waals surface area (Å²) in [6, 6.07) is 63.4. The molecule has 9 rings (SSSR count). The normalized spacial score (nSPS) is 11.3. The van der Waals surface area contributed by atoms with Crippen molar-refractivity contribution < 1.29 is 0 Å². The molecule has 0 saturated carbocycles. The topological polar surface area (TPSA) is 43.6 Å². The standard InChI is InChI=1S/C45H30N4/c1-4-15-31(16-5-1)34-21-14-22-35(29-34)36-27-28-39(42(30-36)49-40-25-12-10-23-37(40)38-24-11-13-26-41(38)49)45-47-43(32-17-6-2-7-18-32)46-44(48-45)33-19-8-3-9-20-33/h1-30H. The number of rotatable bonds is 6. The second-order valence-electron chi connectivity index (χ2n) is 12.1. The molecule has 49 heavy (non-hydrogen) atoms. The maximum Gasteiger partial charge on any atom is 0.166 e. The van der Waals surface area contributed by atoms with Crippen LogP contribution in [0.2, 0.25) is 0 Å². The molecule has 2 aromatic heterocycles. The van der Waals surface area contributed by atoms with Crippen molar-refractivity contribution in [2.45, 2.75) is 0 Å². The molecule has 0 atom stereocenters. The highest BCUT2D eigenvalue weighted by Crippen LogP contribution is 2.38. The van der Waals surface area contributed by atoms with E-state index >= 15 is 0 Å². The number of benzene rings is 7. The molecule has 4 nitrogen and oxygen atoms in total. The fraction of sp³-hybridized carbons (Fsp3) is 0. The Hall–Kier alpha value is -6.65. The van der Waals surface area contributed by atoms with Gasteiger partial charge in [-0.05, 0) is 52.6 Å². The van der Waals surface area contributed by atoms with Gasteiger partial charge in [0, 0.05) is 27.5 Å². The van der Waals surface area contributed by atoms with Crippen LogP contribution in [-0.2, 0) is 0 Å². The first kappa shape index (κ1) is 28.6. The summed E-state index contributed by atoms with van der Waals surface area (Å²) in [5.74, 6) is 1.89. The molecular formula is C45H30N4. The van der Waals surface area contributed by atoms with E-state index in [1.54, 1.807) is 0 Å². The molecule has 0 aliphatic heterocycles. The maximum absolute atomic E-state index is 5.15. The molecule has 4 heteroatoms. The Morgan fingerprint density at radius 2 is 0.735 bits per heavy atom. The number of aromatic nitrogens is 4. The first-order chi connectivity index (χ1) is 24.3. The van der Waals surface area contributed by atoms with Crippen LogP contribution in [0, 0.1) is 0 Å². The maximum atomic E-state index is 5.15. The highest BCUT2D eigenvalue weighted by Gasteiger charge is 2.20. The molecule has 2 heterocycles. The van der Waals surface area contributed by atoms with Crippen LogP contribution in [-0.4, -0.2) is 19.5 Å². The minimum atomic E-state index is 0.620. The Balaban J connectivity index is 1.32. The number of hydrogen-bond donors (Lipinski definition) is 0. The zero-order valence-corrected chi connectivity index (χ0v) is 26.6. The van der Waals surface area contributed by atoms with E-state index in [1.165, 1.54) is 21.9 Å². The molecule has 0 N–H and O–H groups in total. The molecule has 0 spiro atoms. The molecule has 7 aromatic carbocycles. The predicted octanol–water partition coefficient (Wildman–Crippen LogP) is 11.3. The van der Waals surface area contributed by atoms with Gasteiger partial charge in [0.1, 0.15) is 0 Å². The van der Waals surface area contributed by atoms with Crippen LogP contribution < -0.4 is 0 Å². The quantitative estimate of drug-likeness (QED) is 0.184. The first-order valence-electron chi connectivity index (χ1n) is 16.5. The SMILES string of the molecule is c1ccc(-c2cccc(-c3ccc(-c4nc(-c5ccccc5)nc(-c5ccccc5)n4)c(-n4c5ccccc5c5ccccc54)c3)c2)cc1. The summed E-state index contributed by atoms with van der Waals surface area (Å²) in [6.45, 7) is 0. The lowest BCUT2D eigenvalue weighted by atomic mass is 9.97. The van der Waals surface area contributed by atoms with E-state index in [0.717, 1.165) is 44.5 Å². The molecule has 0 saturated heterocycles. The minimum Gasteiger partial charge on any atom is -0.308 e. The van der Waals surface area contributed by atoms with Crippen LogP contribution in [0.15, 0.2) is 182 Å². The monoisotopic (exact) mass is 626 g/mol. The summed E-state index contributed by atoms with van der Waals surface area (Å²) < 4.78 is 2.36. The Kier molecular flexibility index (Phi) is 7.10. The predicted molar refractivity (Wildman–Crippen MR) is 201 cm³/mol. The van der Waals surface area contributed by atoms with E-state index in [1.807, 2.05) is 60.7 Å². The third-order valence-electron chi connectivity index (χ3n) is 9.06. The van der Waals surface area contributed by atoms with Crippen LogP contribution >= 0.6 is 0 Å². The second-order valence-corrected chi connectivity index (χ2v) is 12.1. The van der Waals surface area contributed by atoms with Crippen molar-refractivity contribution in [1.82, 2.24) is 19.5 Å². The van der Waals surface area contributed by atoms with Gasteiger partial charge in [-0.3, -0.25) is 0 Å². The van der Waals surface area contributed by atoms with Gasteiger partial charge < -0.3 is 4.57 Å². The summed E-state index contributed by atoms with van der Waals surface area (Å²) in [7, 11) is 0. The molecule has 0 radical (unpaired) electrons. The zero-order valence-electron chi connectivity index (χ0n) is 26.6. The first-order valence-corrected chi connectivity index (χ1v) is 16.5. The molecule has 9 aromatic rings. The second kappa shape index (κ2) is 12.2. The van der Waals surface area contributed by atoms with E-state index in [2.05, 4.69) is 126 Å². The third-order valence-corrected chi connectivity index (χ3v) is 9.06. The number of nitrogens with zero attached hydrogens (tertiary/aromatic N) is 4. The van der Waals surface area contributed by atoms with Crippen LogP contribution in [0.4, 0.5) is 0 Å². The van der Waals surface area contributed by atoms with Crippen molar-refractivity contribution in [3.8, 4) is 62.1 Å². The van der Waals surface area contributed by atoms with Crippen LogP contribution in [0.5, 0.6) is 0 Å². The highest BCUT2D eigenvalue weighted by atomic mass is 15.1. The average molecular weight is 627 g/mol. The Labute approximate surface area is 284 Å². The van der Waals surface area contributed by atoms with Gasteiger partial charge in [-0.25, -0.2) is 15.0 Å². The number of hydrogen-bond acceptors (Lipinski definition) is 3. The number of para-hydroxylation sites is 2. The molecule has 0 bridgehead atoms. The molecule has 0 fully saturated rings. The summed E-state index contributed by atoms with van der Waals surface area (Å²) in [5, 5.41) is 2.40. The van der Waals surface area contributed by atoms with Crippen molar-refractivity contribution in [1.29, 1.82) is 0 Å². The smallest absolute Gasteiger partial charge is 0.166 e. The van der Waals surface area contributed by atoms with E-state index in [9.17, 15) is 0 Å². The lowest BCUT2D eigenvalue weighted by Crippen LogP contribution is -2.04. The largest absolute Gasteiger partial charge is 0.308 e. The molecule has 0 aliphatic carbocycles. The van der Waals surface area contributed by atoms with Crippen LogP contribution in [0.3, 0.4) is 0 Å². The molecule has 0 unspecified atom stereocenters. The van der Waals surface area contributed by atoms with Gasteiger partial charge in [0.15, 0.2) is 17.5 Å². The van der Waals surface area contributed by atoms with Crippen LogP contribution in [0.1, 0.15) is 0 Å². The summed E-state index contributed by atoms with van der Waals surface area (Å²) in [6.07, 6.45) is 0. The third kappa shape index (κ3) is 5.26. The lowest BCUT2D eigenvalue weighted by molar-refractivity contribution is 1.06.